The first kappa shape index (κ1) is 10.8. The van der Waals surface area contributed by atoms with Gasteiger partial charge in [-0.15, -0.1) is 0 Å². The molecule has 0 aliphatic heterocycles. The van der Waals surface area contributed by atoms with E-state index in [0.29, 0.717) is 13.1 Å². The Kier molecular flexibility index (Phi) is 4.78. The molecule has 4 nitrogen and oxygen atoms in total. The Labute approximate surface area is 83.7 Å². The molecule has 1 rings (SSSR count). The first-order valence-corrected chi connectivity index (χ1v) is 4.82. The van der Waals surface area contributed by atoms with E-state index in [1.54, 1.807) is 12.3 Å². The molecule has 0 saturated carbocycles. The zero-order valence-corrected chi connectivity index (χ0v) is 8.38. The van der Waals surface area contributed by atoms with Gasteiger partial charge in [-0.2, -0.15) is 0 Å². The maximum absolute atomic E-state index is 11.2. The van der Waals surface area contributed by atoms with Gasteiger partial charge in [0.25, 0.3) is 0 Å². The first-order valence-electron chi connectivity index (χ1n) is 4.82. The van der Waals surface area contributed by atoms with Crippen molar-refractivity contribution in [2.45, 2.75) is 19.9 Å². The van der Waals surface area contributed by atoms with Gasteiger partial charge in [-0.3, -0.25) is 4.79 Å². The lowest BCUT2D eigenvalue weighted by Gasteiger charge is -2.03. The fourth-order valence-corrected chi connectivity index (χ4v) is 1.04. The van der Waals surface area contributed by atoms with Crippen LogP contribution >= 0.6 is 0 Å². The minimum absolute atomic E-state index is 0.00477. The van der Waals surface area contributed by atoms with Crippen LogP contribution in [-0.2, 0) is 11.3 Å². The molecule has 1 aromatic heterocycles. The number of nitrogens with one attached hydrogen (secondary N) is 2. The molecular weight excluding hydrogens is 180 g/mol. The van der Waals surface area contributed by atoms with Crippen LogP contribution in [0.2, 0.25) is 0 Å². The van der Waals surface area contributed by atoms with Crippen LogP contribution in [0.5, 0.6) is 0 Å². The number of carbonyl (C=O) groups excluding carboxylic acids is 1. The summed E-state index contributed by atoms with van der Waals surface area (Å²) in [6, 6.07) is 3.64. The molecule has 1 amide bonds. The third kappa shape index (κ3) is 4.09. The number of carbonyl (C=O) groups is 1. The summed E-state index contributed by atoms with van der Waals surface area (Å²) in [6.07, 6.45) is 2.63. The van der Waals surface area contributed by atoms with Crippen molar-refractivity contribution >= 4 is 5.91 Å². The van der Waals surface area contributed by atoms with Gasteiger partial charge in [-0.25, -0.2) is 0 Å². The van der Waals surface area contributed by atoms with Gasteiger partial charge in [0.05, 0.1) is 19.4 Å². The number of rotatable bonds is 6. The highest BCUT2D eigenvalue weighted by Gasteiger charge is 2.00. The van der Waals surface area contributed by atoms with Crippen LogP contribution < -0.4 is 10.6 Å². The van der Waals surface area contributed by atoms with Gasteiger partial charge < -0.3 is 15.1 Å². The van der Waals surface area contributed by atoms with Crippen LogP contribution in [0.3, 0.4) is 0 Å². The molecule has 0 radical (unpaired) electrons. The lowest BCUT2D eigenvalue weighted by molar-refractivity contribution is -0.120. The largest absolute Gasteiger partial charge is 0.467 e. The third-order valence-corrected chi connectivity index (χ3v) is 1.75. The Bertz CT molecular complexity index is 257. The lowest BCUT2D eigenvalue weighted by Crippen LogP contribution is -2.33. The quantitative estimate of drug-likeness (QED) is 0.664. The molecule has 0 aromatic carbocycles. The molecular formula is C10H16N2O2. The summed E-state index contributed by atoms with van der Waals surface area (Å²) in [5.41, 5.74) is 0. The van der Waals surface area contributed by atoms with Gasteiger partial charge in [-0.05, 0) is 25.1 Å². The monoisotopic (exact) mass is 196 g/mol. The second-order valence-electron chi connectivity index (χ2n) is 3.03. The Morgan fingerprint density at radius 1 is 1.57 bits per heavy atom. The molecule has 4 heteroatoms. The van der Waals surface area contributed by atoms with Crippen molar-refractivity contribution < 1.29 is 9.21 Å². The summed E-state index contributed by atoms with van der Waals surface area (Å²) < 4.78 is 5.07. The van der Waals surface area contributed by atoms with E-state index < -0.39 is 0 Å². The number of hydrogen-bond acceptors (Lipinski definition) is 3. The van der Waals surface area contributed by atoms with E-state index in [0.717, 1.165) is 18.7 Å². The minimum Gasteiger partial charge on any atom is -0.467 e. The molecule has 0 spiro atoms. The fraction of sp³-hybridized carbons (Fsp3) is 0.500. The van der Waals surface area contributed by atoms with Crippen LogP contribution in [0.4, 0.5) is 0 Å². The van der Waals surface area contributed by atoms with Gasteiger partial charge in [0.15, 0.2) is 0 Å². The summed E-state index contributed by atoms with van der Waals surface area (Å²) in [6.45, 7) is 3.76. The molecule has 0 aliphatic carbocycles. The molecule has 0 unspecified atom stereocenters. The van der Waals surface area contributed by atoms with Crippen molar-refractivity contribution in [3.8, 4) is 0 Å². The fourth-order valence-electron chi connectivity index (χ4n) is 1.04. The van der Waals surface area contributed by atoms with E-state index in [2.05, 4.69) is 17.6 Å². The molecule has 0 atom stereocenters. The summed E-state index contributed by atoms with van der Waals surface area (Å²) in [4.78, 5) is 11.2. The molecule has 0 fully saturated rings. The van der Waals surface area contributed by atoms with Crippen LogP contribution in [0, 0.1) is 0 Å². The minimum atomic E-state index is -0.00477. The maximum atomic E-state index is 11.2. The average molecular weight is 196 g/mol. The van der Waals surface area contributed by atoms with Gasteiger partial charge in [0.2, 0.25) is 5.91 Å². The molecule has 78 valence electrons. The summed E-state index contributed by atoms with van der Waals surface area (Å²) in [5.74, 6) is 0.767. The van der Waals surface area contributed by atoms with Crippen LogP contribution in [-0.4, -0.2) is 19.0 Å². The predicted octanol–water partition coefficient (Wildman–Crippen LogP) is 0.895. The van der Waals surface area contributed by atoms with Crippen molar-refractivity contribution in [1.29, 1.82) is 0 Å². The van der Waals surface area contributed by atoms with Crippen molar-refractivity contribution in [3.63, 3.8) is 0 Å². The first-order chi connectivity index (χ1) is 6.83. The SMILES string of the molecule is CCCNCC(=O)NCc1ccco1. The predicted molar refractivity (Wildman–Crippen MR) is 53.7 cm³/mol. The van der Waals surface area contributed by atoms with E-state index >= 15 is 0 Å². The Morgan fingerprint density at radius 2 is 2.43 bits per heavy atom. The second-order valence-corrected chi connectivity index (χ2v) is 3.03. The molecule has 14 heavy (non-hydrogen) atoms. The highest BCUT2D eigenvalue weighted by molar-refractivity contribution is 5.77. The van der Waals surface area contributed by atoms with Crippen LogP contribution in [0.25, 0.3) is 0 Å². The summed E-state index contributed by atoms with van der Waals surface area (Å²) in [5, 5.41) is 5.77. The number of hydrogen-bond donors (Lipinski definition) is 2. The Hall–Kier alpha value is -1.29. The zero-order valence-electron chi connectivity index (χ0n) is 8.38. The Balaban J connectivity index is 2.09. The highest BCUT2D eigenvalue weighted by atomic mass is 16.3. The number of amides is 1. The third-order valence-electron chi connectivity index (χ3n) is 1.75. The highest BCUT2D eigenvalue weighted by Crippen LogP contribution is 1.97. The molecule has 2 N–H and O–H groups in total. The molecule has 1 heterocycles. The van der Waals surface area contributed by atoms with E-state index in [4.69, 9.17) is 4.42 Å². The second kappa shape index (κ2) is 6.21. The van der Waals surface area contributed by atoms with Crippen molar-refractivity contribution in [2.24, 2.45) is 0 Å². The van der Waals surface area contributed by atoms with E-state index in [-0.39, 0.29) is 5.91 Å². The normalized spacial score (nSPS) is 10.1. The standard InChI is InChI=1S/C10H16N2O2/c1-2-5-11-8-10(13)12-7-9-4-3-6-14-9/h3-4,6,11H,2,5,7-8H2,1H3,(H,12,13). The maximum Gasteiger partial charge on any atom is 0.234 e. The molecule has 1 aromatic rings. The van der Waals surface area contributed by atoms with E-state index in [1.807, 2.05) is 6.07 Å². The molecule has 0 aliphatic rings. The molecule has 0 saturated heterocycles. The van der Waals surface area contributed by atoms with E-state index in [9.17, 15) is 4.79 Å². The van der Waals surface area contributed by atoms with E-state index in [1.165, 1.54) is 0 Å². The molecule has 0 bridgehead atoms. The van der Waals surface area contributed by atoms with Crippen molar-refractivity contribution in [2.75, 3.05) is 13.1 Å². The number of furan rings is 1. The smallest absolute Gasteiger partial charge is 0.234 e. The van der Waals surface area contributed by atoms with Crippen LogP contribution in [0.1, 0.15) is 19.1 Å². The Morgan fingerprint density at radius 3 is 3.07 bits per heavy atom. The lowest BCUT2D eigenvalue weighted by atomic mass is 10.4. The van der Waals surface area contributed by atoms with Crippen molar-refractivity contribution in [1.82, 2.24) is 10.6 Å². The summed E-state index contributed by atoms with van der Waals surface area (Å²) >= 11 is 0. The van der Waals surface area contributed by atoms with Gasteiger partial charge >= 0.3 is 0 Å². The topological polar surface area (TPSA) is 54.3 Å². The average Bonchev–Trinajstić information content (AvgIpc) is 2.68. The van der Waals surface area contributed by atoms with Crippen LogP contribution in [0.15, 0.2) is 22.8 Å². The van der Waals surface area contributed by atoms with Gasteiger partial charge in [-0.1, -0.05) is 6.92 Å². The van der Waals surface area contributed by atoms with Gasteiger partial charge in [0.1, 0.15) is 5.76 Å². The zero-order chi connectivity index (χ0) is 10.2. The summed E-state index contributed by atoms with van der Waals surface area (Å²) in [7, 11) is 0. The van der Waals surface area contributed by atoms with Crippen molar-refractivity contribution in [3.05, 3.63) is 24.2 Å². The van der Waals surface area contributed by atoms with Gasteiger partial charge in [0, 0.05) is 0 Å².